The molecule has 0 atom stereocenters. The molecule has 0 radical (unpaired) electrons. The highest BCUT2D eigenvalue weighted by molar-refractivity contribution is 5.28. The molecule has 1 aromatic carbocycles. The van der Waals surface area contributed by atoms with E-state index in [1.807, 2.05) is 18.2 Å². The zero-order valence-electron chi connectivity index (χ0n) is 12.0. The summed E-state index contributed by atoms with van der Waals surface area (Å²) in [6.07, 6.45) is 5.70. The van der Waals surface area contributed by atoms with Crippen molar-refractivity contribution in [3.8, 4) is 5.75 Å². The van der Waals surface area contributed by atoms with Gasteiger partial charge in [-0.3, -0.25) is 0 Å². The maximum atomic E-state index is 8.72. The highest BCUT2D eigenvalue weighted by atomic mass is 16.5. The van der Waals surface area contributed by atoms with E-state index in [0.717, 1.165) is 44.3 Å². The topological polar surface area (TPSA) is 69.9 Å². The molecule has 0 aliphatic rings. The fraction of sp³-hybridized carbons (Fsp3) is 0.625. The summed E-state index contributed by atoms with van der Waals surface area (Å²) in [4.78, 5) is 0. The van der Waals surface area contributed by atoms with Crippen LogP contribution in [0.4, 0.5) is 0 Å². The largest absolute Gasteiger partial charge is 0.491 e. The molecule has 114 valence electrons. The van der Waals surface area contributed by atoms with Crippen LogP contribution in [0.25, 0.3) is 0 Å². The minimum Gasteiger partial charge on any atom is -0.491 e. The molecule has 4 nitrogen and oxygen atoms in total. The Morgan fingerprint density at radius 1 is 1.00 bits per heavy atom. The zero-order valence-corrected chi connectivity index (χ0v) is 12.0. The molecule has 0 aliphatic heterocycles. The first-order valence-electron chi connectivity index (χ1n) is 7.41. The Morgan fingerprint density at radius 2 is 1.75 bits per heavy atom. The Bertz CT molecular complexity index is 352. The Labute approximate surface area is 121 Å². The van der Waals surface area contributed by atoms with E-state index in [0.29, 0.717) is 13.0 Å². The summed E-state index contributed by atoms with van der Waals surface area (Å²) in [5.74, 6) is 0.813. The number of ether oxygens (including phenoxy) is 1. The van der Waals surface area contributed by atoms with Crippen LogP contribution in [-0.4, -0.2) is 34.8 Å². The first-order valence-corrected chi connectivity index (χ1v) is 7.41. The van der Waals surface area contributed by atoms with Gasteiger partial charge in [-0.05, 0) is 43.4 Å². The van der Waals surface area contributed by atoms with Crippen LogP contribution in [0, 0.1) is 0 Å². The normalized spacial score (nSPS) is 11.0. The van der Waals surface area contributed by atoms with Crippen LogP contribution in [0.1, 0.15) is 44.1 Å². The van der Waals surface area contributed by atoms with Crippen molar-refractivity contribution in [3.05, 3.63) is 29.8 Å². The van der Waals surface area contributed by atoms with Crippen LogP contribution in [0.2, 0.25) is 0 Å². The van der Waals surface area contributed by atoms with Gasteiger partial charge in [0.25, 0.3) is 0 Å². The number of rotatable bonds is 11. The van der Waals surface area contributed by atoms with Gasteiger partial charge in [0.1, 0.15) is 12.4 Å². The number of aryl methyl sites for hydroxylation is 1. The van der Waals surface area contributed by atoms with Gasteiger partial charge in [-0.25, -0.2) is 0 Å². The van der Waals surface area contributed by atoms with Gasteiger partial charge in [0.15, 0.2) is 6.29 Å². The van der Waals surface area contributed by atoms with E-state index in [4.69, 9.17) is 20.1 Å². The van der Waals surface area contributed by atoms with Crippen molar-refractivity contribution < 1.29 is 20.1 Å². The Hall–Kier alpha value is -1.10. The molecule has 3 N–H and O–H groups in total. The van der Waals surface area contributed by atoms with Gasteiger partial charge in [0, 0.05) is 0 Å². The summed E-state index contributed by atoms with van der Waals surface area (Å²) < 4.78 is 5.38. The second-order valence-electron chi connectivity index (χ2n) is 5.01. The molecule has 0 heterocycles. The van der Waals surface area contributed by atoms with Crippen LogP contribution in [-0.2, 0) is 6.42 Å². The third-order valence-corrected chi connectivity index (χ3v) is 3.19. The monoisotopic (exact) mass is 282 g/mol. The second kappa shape index (κ2) is 10.7. The first kappa shape index (κ1) is 17.0. The lowest BCUT2D eigenvalue weighted by Gasteiger charge is -2.07. The van der Waals surface area contributed by atoms with Crippen LogP contribution >= 0.6 is 0 Å². The average molecular weight is 282 g/mol. The van der Waals surface area contributed by atoms with E-state index in [2.05, 4.69) is 6.07 Å². The van der Waals surface area contributed by atoms with E-state index < -0.39 is 6.29 Å². The van der Waals surface area contributed by atoms with Crippen molar-refractivity contribution in [1.82, 2.24) is 0 Å². The summed E-state index contributed by atoms with van der Waals surface area (Å²) in [7, 11) is 0. The number of unbranched alkanes of at least 4 members (excludes halogenated alkanes) is 4. The molecule has 0 aromatic heterocycles. The van der Waals surface area contributed by atoms with Crippen LogP contribution in [0.15, 0.2) is 24.3 Å². The lowest BCUT2D eigenvalue weighted by atomic mass is 10.0. The molecule has 0 aliphatic carbocycles. The van der Waals surface area contributed by atoms with E-state index >= 15 is 0 Å². The summed E-state index contributed by atoms with van der Waals surface area (Å²) in [5.41, 5.74) is 1.26. The van der Waals surface area contributed by atoms with Crippen molar-refractivity contribution in [2.45, 2.75) is 51.2 Å². The zero-order chi connectivity index (χ0) is 14.6. The first-order chi connectivity index (χ1) is 9.72. The van der Waals surface area contributed by atoms with Gasteiger partial charge in [-0.2, -0.15) is 0 Å². The summed E-state index contributed by atoms with van der Waals surface area (Å²) in [6, 6.07) is 8.00. The van der Waals surface area contributed by atoms with Gasteiger partial charge in [-0.15, -0.1) is 0 Å². The minimum absolute atomic E-state index is 0.0345. The molecule has 1 aromatic rings. The standard InChI is InChI=1S/C16H26O4/c17-11-12-20-15-9-6-8-14(13-15)7-4-2-1-3-5-10-16(18)19/h6,8-9,13,16-19H,1-5,7,10-12H2. The summed E-state index contributed by atoms with van der Waals surface area (Å²) in [6.45, 7) is 0.368. The quantitative estimate of drug-likeness (QED) is 0.430. The van der Waals surface area contributed by atoms with Crippen molar-refractivity contribution in [2.24, 2.45) is 0 Å². The Balaban J connectivity index is 2.12. The molecule has 0 fully saturated rings. The highest BCUT2D eigenvalue weighted by Crippen LogP contribution is 2.16. The number of hydrogen-bond acceptors (Lipinski definition) is 4. The average Bonchev–Trinajstić information content (AvgIpc) is 2.44. The maximum absolute atomic E-state index is 8.72. The molecule has 4 heteroatoms. The van der Waals surface area contributed by atoms with Crippen molar-refractivity contribution in [3.63, 3.8) is 0 Å². The molecule has 1 rings (SSSR count). The minimum atomic E-state index is -1.16. The predicted molar refractivity (Wildman–Crippen MR) is 78.7 cm³/mol. The molecule has 0 unspecified atom stereocenters. The number of hydrogen-bond donors (Lipinski definition) is 3. The molecular formula is C16H26O4. The van der Waals surface area contributed by atoms with E-state index in [1.54, 1.807) is 0 Å². The molecule has 0 spiro atoms. The fourth-order valence-corrected chi connectivity index (χ4v) is 2.14. The smallest absolute Gasteiger partial charge is 0.151 e. The fourth-order valence-electron chi connectivity index (χ4n) is 2.14. The van der Waals surface area contributed by atoms with Crippen molar-refractivity contribution in [2.75, 3.05) is 13.2 Å². The third kappa shape index (κ3) is 8.15. The molecule has 0 saturated heterocycles. The molecule has 0 saturated carbocycles. The Morgan fingerprint density at radius 3 is 2.50 bits per heavy atom. The van der Waals surface area contributed by atoms with Crippen LogP contribution in [0.5, 0.6) is 5.75 Å². The van der Waals surface area contributed by atoms with Gasteiger partial charge in [-0.1, -0.05) is 31.4 Å². The SMILES string of the molecule is OCCOc1cccc(CCCCCCCC(O)O)c1. The van der Waals surface area contributed by atoms with E-state index in [9.17, 15) is 0 Å². The van der Waals surface area contributed by atoms with Gasteiger partial charge in [0.05, 0.1) is 6.61 Å². The van der Waals surface area contributed by atoms with E-state index in [-0.39, 0.29) is 6.61 Å². The van der Waals surface area contributed by atoms with E-state index in [1.165, 1.54) is 5.56 Å². The summed E-state index contributed by atoms with van der Waals surface area (Å²) in [5, 5.41) is 26.2. The lowest BCUT2D eigenvalue weighted by Crippen LogP contribution is -2.02. The third-order valence-electron chi connectivity index (χ3n) is 3.19. The lowest BCUT2D eigenvalue weighted by molar-refractivity contribution is -0.0466. The second-order valence-corrected chi connectivity index (χ2v) is 5.01. The molecular weight excluding hydrogens is 256 g/mol. The van der Waals surface area contributed by atoms with Crippen molar-refractivity contribution >= 4 is 0 Å². The van der Waals surface area contributed by atoms with Gasteiger partial charge in [0.2, 0.25) is 0 Å². The molecule has 0 amide bonds. The number of aliphatic hydroxyl groups is 3. The summed E-state index contributed by atoms with van der Waals surface area (Å²) >= 11 is 0. The van der Waals surface area contributed by atoms with Crippen molar-refractivity contribution in [1.29, 1.82) is 0 Å². The maximum Gasteiger partial charge on any atom is 0.151 e. The van der Waals surface area contributed by atoms with Gasteiger partial charge < -0.3 is 20.1 Å². The molecule has 20 heavy (non-hydrogen) atoms. The predicted octanol–water partition coefficient (Wildman–Crippen LogP) is 2.25. The number of benzene rings is 1. The highest BCUT2D eigenvalue weighted by Gasteiger charge is 1.99. The molecule has 0 bridgehead atoms. The Kier molecular flexibility index (Phi) is 9.04. The van der Waals surface area contributed by atoms with Gasteiger partial charge >= 0.3 is 0 Å². The van der Waals surface area contributed by atoms with Crippen LogP contribution in [0.3, 0.4) is 0 Å². The number of aliphatic hydroxyl groups excluding tert-OH is 2. The van der Waals surface area contributed by atoms with Crippen LogP contribution < -0.4 is 4.74 Å².